The number of nitrogens with zero attached hydrogens (tertiary/aromatic N) is 3. The van der Waals surface area contributed by atoms with Crippen molar-refractivity contribution in [1.29, 1.82) is 0 Å². The predicted octanol–water partition coefficient (Wildman–Crippen LogP) is 1.14. The van der Waals surface area contributed by atoms with Crippen LogP contribution in [-0.4, -0.2) is 44.9 Å². The van der Waals surface area contributed by atoms with E-state index in [1.165, 1.54) is 4.90 Å². The number of aryl methyl sites for hydroxylation is 1. The van der Waals surface area contributed by atoms with Crippen LogP contribution >= 0.6 is 0 Å². The Kier molecular flexibility index (Phi) is 3.46. The van der Waals surface area contributed by atoms with Crippen LogP contribution < -0.4 is 5.32 Å². The molecular weight excluding hydrogens is 248 g/mol. The first-order chi connectivity index (χ1) is 8.90. The van der Waals surface area contributed by atoms with Crippen molar-refractivity contribution in [2.75, 3.05) is 18.4 Å². The third-order valence-electron chi connectivity index (χ3n) is 3.45. The lowest BCUT2D eigenvalue weighted by molar-refractivity contribution is -0.150. The SMILES string of the molecule is Cn1ccc(NC(=O)N2CCCC(C)(C(=O)O)C2)n1. The number of rotatable bonds is 2. The van der Waals surface area contributed by atoms with Crippen LogP contribution in [0.15, 0.2) is 12.3 Å². The monoisotopic (exact) mass is 266 g/mol. The van der Waals surface area contributed by atoms with Crippen LogP contribution in [0, 0.1) is 5.41 Å². The highest BCUT2D eigenvalue weighted by molar-refractivity contribution is 5.89. The Hall–Kier alpha value is -2.05. The van der Waals surface area contributed by atoms with Gasteiger partial charge < -0.3 is 10.0 Å². The van der Waals surface area contributed by atoms with Crippen molar-refractivity contribution in [1.82, 2.24) is 14.7 Å². The molecule has 0 aromatic carbocycles. The molecule has 2 N–H and O–H groups in total. The fraction of sp³-hybridized carbons (Fsp3) is 0.583. The van der Waals surface area contributed by atoms with Crippen molar-refractivity contribution in [2.24, 2.45) is 12.5 Å². The summed E-state index contributed by atoms with van der Waals surface area (Å²) >= 11 is 0. The molecule has 1 fully saturated rings. The van der Waals surface area contributed by atoms with Crippen LogP contribution in [0.3, 0.4) is 0 Å². The number of carbonyl (C=O) groups is 2. The number of nitrogens with one attached hydrogen (secondary N) is 1. The molecule has 7 nitrogen and oxygen atoms in total. The lowest BCUT2D eigenvalue weighted by Crippen LogP contribution is -2.49. The smallest absolute Gasteiger partial charge is 0.323 e. The second-order valence-corrected chi connectivity index (χ2v) is 5.20. The average Bonchev–Trinajstić information content (AvgIpc) is 2.74. The molecule has 2 heterocycles. The summed E-state index contributed by atoms with van der Waals surface area (Å²) in [5, 5.41) is 15.9. The number of carboxylic acid groups (broad SMARTS) is 1. The van der Waals surface area contributed by atoms with E-state index in [0.29, 0.717) is 25.2 Å². The molecule has 104 valence electrons. The highest BCUT2D eigenvalue weighted by Crippen LogP contribution is 2.29. The predicted molar refractivity (Wildman–Crippen MR) is 68.8 cm³/mol. The molecule has 0 radical (unpaired) electrons. The van der Waals surface area contributed by atoms with Crippen LogP contribution in [0.1, 0.15) is 19.8 Å². The van der Waals surface area contributed by atoms with Gasteiger partial charge in [0, 0.05) is 32.4 Å². The van der Waals surface area contributed by atoms with Crippen molar-refractivity contribution in [3.8, 4) is 0 Å². The van der Waals surface area contributed by atoms with Gasteiger partial charge >= 0.3 is 12.0 Å². The number of carbonyl (C=O) groups excluding carboxylic acids is 1. The minimum atomic E-state index is -0.861. The maximum atomic E-state index is 12.1. The van der Waals surface area contributed by atoms with Gasteiger partial charge in [-0.05, 0) is 19.8 Å². The Balaban J connectivity index is 2.01. The summed E-state index contributed by atoms with van der Waals surface area (Å²) < 4.78 is 1.59. The fourth-order valence-corrected chi connectivity index (χ4v) is 2.26. The number of amides is 2. The summed E-state index contributed by atoms with van der Waals surface area (Å²) in [7, 11) is 1.76. The summed E-state index contributed by atoms with van der Waals surface area (Å²) in [6, 6.07) is 1.39. The summed E-state index contributed by atoms with van der Waals surface area (Å²) in [4.78, 5) is 24.8. The van der Waals surface area contributed by atoms with Gasteiger partial charge in [-0.15, -0.1) is 0 Å². The molecule has 1 aliphatic heterocycles. The molecule has 1 atom stereocenters. The van der Waals surface area contributed by atoms with Crippen molar-refractivity contribution >= 4 is 17.8 Å². The molecule has 19 heavy (non-hydrogen) atoms. The zero-order chi connectivity index (χ0) is 14.0. The highest BCUT2D eigenvalue weighted by atomic mass is 16.4. The molecule has 2 rings (SSSR count). The first-order valence-electron chi connectivity index (χ1n) is 6.20. The third kappa shape index (κ3) is 2.86. The van der Waals surface area contributed by atoms with E-state index in [-0.39, 0.29) is 12.6 Å². The number of aliphatic carboxylic acids is 1. The molecule has 1 unspecified atom stereocenters. The zero-order valence-corrected chi connectivity index (χ0v) is 11.1. The molecule has 0 spiro atoms. The lowest BCUT2D eigenvalue weighted by atomic mass is 9.82. The van der Waals surface area contributed by atoms with E-state index in [9.17, 15) is 14.7 Å². The highest BCUT2D eigenvalue weighted by Gasteiger charge is 2.39. The Morgan fingerprint density at radius 1 is 1.53 bits per heavy atom. The van der Waals surface area contributed by atoms with E-state index >= 15 is 0 Å². The van der Waals surface area contributed by atoms with Gasteiger partial charge in [-0.3, -0.25) is 14.8 Å². The molecule has 7 heteroatoms. The molecule has 2 amide bonds. The van der Waals surface area contributed by atoms with Crippen LogP contribution in [0.25, 0.3) is 0 Å². The van der Waals surface area contributed by atoms with Crippen molar-refractivity contribution in [3.63, 3.8) is 0 Å². The van der Waals surface area contributed by atoms with Gasteiger partial charge in [-0.2, -0.15) is 5.10 Å². The second kappa shape index (κ2) is 4.91. The van der Waals surface area contributed by atoms with Gasteiger partial charge in [-0.1, -0.05) is 0 Å². The summed E-state index contributed by atoms with van der Waals surface area (Å²) in [5.41, 5.74) is -0.861. The van der Waals surface area contributed by atoms with Gasteiger partial charge in [0.05, 0.1) is 5.41 Å². The maximum Gasteiger partial charge on any atom is 0.323 e. The number of hydrogen-bond acceptors (Lipinski definition) is 3. The minimum Gasteiger partial charge on any atom is -0.481 e. The fourth-order valence-electron chi connectivity index (χ4n) is 2.26. The Morgan fingerprint density at radius 3 is 2.84 bits per heavy atom. The van der Waals surface area contributed by atoms with E-state index < -0.39 is 11.4 Å². The van der Waals surface area contributed by atoms with Gasteiger partial charge in [0.25, 0.3) is 0 Å². The third-order valence-corrected chi connectivity index (χ3v) is 3.45. The number of anilines is 1. The molecule has 1 aromatic rings. The maximum absolute atomic E-state index is 12.1. The van der Waals surface area contributed by atoms with Gasteiger partial charge in [0.1, 0.15) is 0 Å². The van der Waals surface area contributed by atoms with E-state index in [2.05, 4.69) is 10.4 Å². The van der Waals surface area contributed by atoms with E-state index in [4.69, 9.17) is 0 Å². The van der Waals surface area contributed by atoms with Crippen LogP contribution in [0.5, 0.6) is 0 Å². The van der Waals surface area contributed by atoms with Gasteiger partial charge in [-0.25, -0.2) is 4.79 Å². The molecule has 0 saturated carbocycles. The molecule has 1 aromatic heterocycles. The number of hydrogen-bond donors (Lipinski definition) is 2. The number of urea groups is 1. The quantitative estimate of drug-likeness (QED) is 0.840. The largest absolute Gasteiger partial charge is 0.481 e. The van der Waals surface area contributed by atoms with E-state index in [0.717, 1.165) is 0 Å². The number of carboxylic acids is 1. The van der Waals surface area contributed by atoms with Gasteiger partial charge in [0.15, 0.2) is 5.82 Å². The van der Waals surface area contributed by atoms with E-state index in [1.54, 1.807) is 30.9 Å². The molecule has 0 aliphatic carbocycles. The van der Waals surface area contributed by atoms with Crippen molar-refractivity contribution in [3.05, 3.63) is 12.3 Å². The zero-order valence-electron chi connectivity index (χ0n) is 11.1. The normalized spacial score (nSPS) is 23.2. The summed E-state index contributed by atoms with van der Waals surface area (Å²) in [5.74, 6) is -0.391. The Morgan fingerprint density at radius 2 is 2.26 bits per heavy atom. The molecular formula is C12H18N4O3. The Labute approximate surface area is 111 Å². The standard InChI is InChI=1S/C12H18N4O3/c1-12(10(17)18)5-3-6-16(8-12)11(19)13-9-4-7-15(2)14-9/h4,7H,3,5-6,8H2,1-2H3,(H,17,18)(H,13,14,19). The molecule has 1 aliphatic rings. The van der Waals surface area contributed by atoms with Crippen molar-refractivity contribution < 1.29 is 14.7 Å². The van der Waals surface area contributed by atoms with Crippen LogP contribution in [-0.2, 0) is 11.8 Å². The molecule has 0 bridgehead atoms. The molecule has 1 saturated heterocycles. The lowest BCUT2D eigenvalue weighted by Gasteiger charge is -2.37. The van der Waals surface area contributed by atoms with Crippen LogP contribution in [0.4, 0.5) is 10.6 Å². The number of piperidine rings is 1. The van der Waals surface area contributed by atoms with Gasteiger partial charge in [0.2, 0.25) is 0 Å². The van der Waals surface area contributed by atoms with Crippen molar-refractivity contribution in [2.45, 2.75) is 19.8 Å². The first-order valence-corrected chi connectivity index (χ1v) is 6.20. The number of aromatic nitrogens is 2. The summed E-state index contributed by atoms with van der Waals surface area (Å²) in [6.45, 7) is 2.47. The summed E-state index contributed by atoms with van der Waals surface area (Å²) in [6.07, 6.45) is 3.02. The number of likely N-dealkylation sites (tertiary alicyclic amines) is 1. The van der Waals surface area contributed by atoms with E-state index in [1.807, 2.05) is 0 Å². The Bertz CT molecular complexity index is 499. The first kappa shape index (κ1) is 13.4. The minimum absolute atomic E-state index is 0.223. The average molecular weight is 266 g/mol. The second-order valence-electron chi connectivity index (χ2n) is 5.20. The topological polar surface area (TPSA) is 87.5 Å². The van der Waals surface area contributed by atoms with Crippen LogP contribution in [0.2, 0.25) is 0 Å².